The number of carbonyl (C=O) groups is 2. The summed E-state index contributed by atoms with van der Waals surface area (Å²) in [6, 6.07) is 20.6. The fraction of sp³-hybridized carbons (Fsp3) is 0.0435. The lowest BCUT2D eigenvalue weighted by molar-refractivity contribution is -0.123. The van der Waals surface area contributed by atoms with Gasteiger partial charge in [0.05, 0.1) is 10.5 Å². The monoisotopic (exact) mass is 447 g/mol. The molecule has 0 aliphatic carbocycles. The molecule has 1 fully saturated rings. The Balaban J connectivity index is 1.44. The molecule has 1 aliphatic heterocycles. The van der Waals surface area contributed by atoms with Gasteiger partial charge in [-0.3, -0.25) is 20.0 Å². The van der Waals surface area contributed by atoms with Crippen molar-refractivity contribution in [3.8, 4) is 5.75 Å². The van der Waals surface area contributed by atoms with Crippen LogP contribution in [0.4, 0.5) is 0 Å². The summed E-state index contributed by atoms with van der Waals surface area (Å²) >= 11 is 6.40. The Morgan fingerprint density at radius 1 is 1.13 bits per heavy atom. The van der Waals surface area contributed by atoms with Gasteiger partial charge in [0.1, 0.15) is 12.4 Å². The van der Waals surface area contributed by atoms with Gasteiger partial charge in [0.2, 0.25) is 0 Å². The number of rotatable bonds is 6. The standard InChI is InChI=1S/C23H17N3O3S2/c27-21(18-9-5-11-24-14-18)25-26-22(28)20(31-23(26)30)13-17-8-4-10-19(12-17)29-15-16-6-2-1-3-7-16/h1-14H,15H2,(H,25,27)/b20-13+. The number of amides is 2. The van der Waals surface area contributed by atoms with Crippen molar-refractivity contribution in [1.29, 1.82) is 0 Å². The van der Waals surface area contributed by atoms with E-state index in [0.29, 0.717) is 22.8 Å². The number of nitrogens with zero attached hydrogens (tertiary/aromatic N) is 2. The summed E-state index contributed by atoms with van der Waals surface area (Å²) in [7, 11) is 0. The molecule has 2 heterocycles. The first-order valence-corrected chi connectivity index (χ1v) is 10.6. The first kappa shape index (κ1) is 20.8. The van der Waals surface area contributed by atoms with Gasteiger partial charge in [-0.05, 0) is 53.7 Å². The van der Waals surface area contributed by atoms with Crippen LogP contribution in [0, 0.1) is 0 Å². The number of benzene rings is 2. The van der Waals surface area contributed by atoms with E-state index >= 15 is 0 Å². The zero-order chi connectivity index (χ0) is 21.6. The van der Waals surface area contributed by atoms with Crippen LogP contribution in [0.1, 0.15) is 21.5 Å². The van der Waals surface area contributed by atoms with Crippen LogP contribution < -0.4 is 10.2 Å². The predicted octanol–water partition coefficient (Wildman–Crippen LogP) is 4.21. The molecular formula is C23H17N3O3S2. The molecule has 4 rings (SSSR count). The smallest absolute Gasteiger partial charge is 0.285 e. The van der Waals surface area contributed by atoms with Crippen molar-refractivity contribution < 1.29 is 14.3 Å². The summed E-state index contributed by atoms with van der Waals surface area (Å²) in [5, 5.41) is 1.08. The first-order valence-electron chi connectivity index (χ1n) is 9.36. The summed E-state index contributed by atoms with van der Waals surface area (Å²) in [6.07, 6.45) is 4.71. The number of thiocarbonyl (C=S) groups is 1. The van der Waals surface area contributed by atoms with Crippen molar-refractivity contribution in [3.05, 3.63) is 101 Å². The van der Waals surface area contributed by atoms with Crippen LogP contribution in [-0.2, 0) is 11.4 Å². The summed E-state index contributed by atoms with van der Waals surface area (Å²) in [4.78, 5) is 29.4. The zero-order valence-electron chi connectivity index (χ0n) is 16.2. The fourth-order valence-corrected chi connectivity index (χ4v) is 3.99. The van der Waals surface area contributed by atoms with E-state index in [2.05, 4.69) is 10.4 Å². The number of carbonyl (C=O) groups excluding carboxylic acids is 2. The van der Waals surface area contributed by atoms with Crippen LogP contribution in [0.3, 0.4) is 0 Å². The summed E-state index contributed by atoms with van der Waals surface area (Å²) in [6.45, 7) is 0.451. The highest BCUT2D eigenvalue weighted by molar-refractivity contribution is 8.26. The first-order chi connectivity index (χ1) is 15.1. The minimum absolute atomic E-state index is 0.255. The average molecular weight is 448 g/mol. The van der Waals surface area contributed by atoms with E-state index in [1.54, 1.807) is 24.4 Å². The van der Waals surface area contributed by atoms with Gasteiger partial charge in [-0.25, -0.2) is 0 Å². The molecule has 0 radical (unpaired) electrons. The Morgan fingerprint density at radius 3 is 2.74 bits per heavy atom. The second-order valence-corrected chi connectivity index (χ2v) is 8.22. The quantitative estimate of drug-likeness (QED) is 0.451. The van der Waals surface area contributed by atoms with Gasteiger partial charge in [0.15, 0.2) is 4.32 Å². The normalized spacial score (nSPS) is 14.7. The molecule has 6 nitrogen and oxygen atoms in total. The second-order valence-electron chi connectivity index (χ2n) is 6.55. The third kappa shape index (κ3) is 5.17. The number of pyridine rings is 1. The van der Waals surface area contributed by atoms with E-state index in [4.69, 9.17) is 17.0 Å². The number of hydrogen-bond donors (Lipinski definition) is 1. The summed E-state index contributed by atoms with van der Waals surface area (Å²) in [5.74, 6) is -0.150. The van der Waals surface area contributed by atoms with Crippen LogP contribution in [0.2, 0.25) is 0 Å². The van der Waals surface area contributed by atoms with Gasteiger partial charge in [0.25, 0.3) is 11.8 Å². The number of thioether (sulfide) groups is 1. The van der Waals surface area contributed by atoms with Gasteiger partial charge in [-0.15, -0.1) is 0 Å². The Bertz CT molecular complexity index is 1150. The maximum absolute atomic E-state index is 12.8. The number of ether oxygens (including phenoxy) is 1. The van der Waals surface area contributed by atoms with Crippen LogP contribution in [0.25, 0.3) is 6.08 Å². The van der Waals surface area contributed by atoms with Gasteiger partial charge in [-0.2, -0.15) is 5.01 Å². The molecule has 1 aromatic heterocycles. The molecule has 31 heavy (non-hydrogen) atoms. The van der Waals surface area contributed by atoms with Crippen molar-refractivity contribution in [2.75, 3.05) is 0 Å². The van der Waals surface area contributed by atoms with Crippen LogP contribution in [0.15, 0.2) is 84.0 Å². The fourth-order valence-electron chi connectivity index (χ4n) is 2.81. The lowest BCUT2D eigenvalue weighted by atomic mass is 10.2. The maximum Gasteiger partial charge on any atom is 0.285 e. The Labute approximate surface area is 188 Å². The molecule has 3 aromatic rings. The lowest BCUT2D eigenvalue weighted by Crippen LogP contribution is -2.44. The molecular weight excluding hydrogens is 430 g/mol. The molecule has 154 valence electrons. The molecule has 0 bridgehead atoms. The Hall–Kier alpha value is -3.49. The minimum atomic E-state index is -0.457. The molecule has 0 spiro atoms. The SMILES string of the molecule is O=C(NN1C(=O)/C(=C\c2cccc(OCc3ccccc3)c2)SC1=S)c1cccnc1. The van der Waals surface area contributed by atoms with E-state index in [9.17, 15) is 9.59 Å². The van der Waals surface area contributed by atoms with Gasteiger partial charge in [0, 0.05) is 12.4 Å². The largest absolute Gasteiger partial charge is 0.489 e. The van der Waals surface area contributed by atoms with Crippen LogP contribution in [0.5, 0.6) is 5.75 Å². The topological polar surface area (TPSA) is 71.5 Å². The average Bonchev–Trinajstić information content (AvgIpc) is 3.06. The molecule has 8 heteroatoms. The molecule has 1 saturated heterocycles. The van der Waals surface area contributed by atoms with Gasteiger partial charge < -0.3 is 4.74 Å². The van der Waals surface area contributed by atoms with Gasteiger partial charge >= 0.3 is 0 Å². The predicted molar refractivity (Wildman–Crippen MR) is 124 cm³/mol. The highest BCUT2D eigenvalue weighted by atomic mass is 32.2. The van der Waals surface area contributed by atoms with Crippen LogP contribution in [-0.4, -0.2) is 26.1 Å². The number of hydrazine groups is 1. The third-order valence-electron chi connectivity index (χ3n) is 4.33. The molecule has 1 aliphatic rings. The number of hydrogen-bond acceptors (Lipinski definition) is 6. The lowest BCUT2D eigenvalue weighted by Gasteiger charge is -2.15. The summed E-state index contributed by atoms with van der Waals surface area (Å²) < 4.78 is 6.10. The van der Waals surface area contributed by atoms with Gasteiger partial charge in [-0.1, -0.05) is 54.2 Å². The zero-order valence-corrected chi connectivity index (χ0v) is 17.9. The van der Waals surface area contributed by atoms with E-state index in [0.717, 1.165) is 27.9 Å². The highest BCUT2D eigenvalue weighted by Gasteiger charge is 2.33. The van der Waals surface area contributed by atoms with Crippen molar-refractivity contribution >= 4 is 46.2 Å². The molecule has 2 aromatic carbocycles. The second kappa shape index (κ2) is 9.55. The molecule has 0 atom stereocenters. The van der Waals surface area contributed by atoms with E-state index < -0.39 is 5.91 Å². The molecule has 2 amide bonds. The number of nitrogens with one attached hydrogen (secondary N) is 1. The Kier molecular flexibility index (Phi) is 6.40. The van der Waals surface area contributed by atoms with E-state index in [1.165, 1.54) is 6.20 Å². The Morgan fingerprint density at radius 2 is 1.97 bits per heavy atom. The number of aromatic nitrogens is 1. The minimum Gasteiger partial charge on any atom is -0.489 e. The maximum atomic E-state index is 12.8. The van der Waals surface area contributed by atoms with Crippen molar-refractivity contribution in [2.45, 2.75) is 6.61 Å². The van der Waals surface area contributed by atoms with Crippen molar-refractivity contribution in [3.63, 3.8) is 0 Å². The van der Waals surface area contributed by atoms with Crippen LogP contribution >= 0.6 is 24.0 Å². The molecule has 0 unspecified atom stereocenters. The molecule has 1 N–H and O–H groups in total. The van der Waals surface area contributed by atoms with E-state index in [1.807, 2.05) is 54.6 Å². The van der Waals surface area contributed by atoms with Crippen molar-refractivity contribution in [2.24, 2.45) is 0 Å². The van der Waals surface area contributed by atoms with Crippen molar-refractivity contribution in [1.82, 2.24) is 15.4 Å². The van der Waals surface area contributed by atoms with E-state index in [-0.39, 0.29) is 10.2 Å². The highest BCUT2D eigenvalue weighted by Crippen LogP contribution is 2.32. The molecule has 0 saturated carbocycles. The summed E-state index contributed by atoms with van der Waals surface area (Å²) in [5.41, 5.74) is 4.74. The third-order valence-corrected chi connectivity index (χ3v) is 5.64.